The smallest absolute Gasteiger partial charge is 0.237 e. The summed E-state index contributed by atoms with van der Waals surface area (Å²) in [7, 11) is 3.85. The summed E-state index contributed by atoms with van der Waals surface area (Å²) in [5.41, 5.74) is -0.197. The molecule has 1 heterocycles. The molecule has 1 aliphatic rings. The molecule has 5 nitrogen and oxygen atoms in total. The van der Waals surface area contributed by atoms with E-state index in [4.69, 9.17) is 4.74 Å². The summed E-state index contributed by atoms with van der Waals surface area (Å²) in [6.07, 6.45) is 3.46. The van der Waals surface area contributed by atoms with Crippen LogP contribution < -0.4 is 5.32 Å². The molecule has 5 heteroatoms. The average molecular weight is 272 g/mol. The molecule has 0 saturated carbocycles. The van der Waals surface area contributed by atoms with E-state index >= 15 is 0 Å². The molecule has 1 saturated heterocycles. The van der Waals surface area contributed by atoms with Crippen LogP contribution in [0.4, 0.5) is 0 Å². The van der Waals surface area contributed by atoms with Crippen LogP contribution >= 0.6 is 0 Å². The van der Waals surface area contributed by atoms with Crippen LogP contribution in [0.3, 0.4) is 0 Å². The Bertz CT molecular complexity index is 276. The first-order valence-electron chi connectivity index (χ1n) is 7.17. The van der Waals surface area contributed by atoms with Gasteiger partial charge in [0.2, 0.25) is 5.91 Å². The molecule has 1 atom stereocenters. The Labute approximate surface area is 116 Å². The second kappa shape index (κ2) is 7.82. The summed E-state index contributed by atoms with van der Waals surface area (Å²) >= 11 is 0. The lowest BCUT2D eigenvalue weighted by Crippen LogP contribution is -2.49. The van der Waals surface area contributed by atoms with Crippen molar-refractivity contribution >= 4 is 5.91 Å². The Morgan fingerprint density at radius 3 is 2.53 bits per heavy atom. The van der Waals surface area contributed by atoms with Crippen molar-refractivity contribution in [3.63, 3.8) is 0 Å². The molecule has 19 heavy (non-hydrogen) atoms. The van der Waals surface area contributed by atoms with E-state index in [9.17, 15) is 9.90 Å². The van der Waals surface area contributed by atoms with Gasteiger partial charge in [0.15, 0.2) is 0 Å². The van der Waals surface area contributed by atoms with Crippen LogP contribution in [0.1, 0.15) is 32.6 Å². The number of hydrogen-bond donors (Lipinski definition) is 2. The van der Waals surface area contributed by atoms with Gasteiger partial charge in [-0.2, -0.15) is 0 Å². The number of carbonyl (C=O) groups excluding carboxylic acids is 1. The molecule has 1 aliphatic heterocycles. The quantitative estimate of drug-likeness (QED) is 0.713. The number of aliphatic hydroxyl groups is 1. The minimum atomic E-state index is -0.197. The van der Waals surface area contributed by atoms with Gasteiger partial charge in [0.05, 0.1) is 12.6 Å². The van der Waals surface area contributed by atoms with Gasteiger partial charge in [-0.25, -0.2) is 0 Å². The summed E-state index contributed by atoms with van der Waals surface area (Å²) < 4.78 is 5.33. The monoisotopic (exact) mass is 272 g/mol. The van der Waals surface area contributed by atoms with Crippen molar-refractivity contribution in [3.8, 4) is 0 Å². The molecule has 0 aliphatic carbocycles. The highest BCUT2D eigenvalue weighted by atomic mass is 16.5. The van der Waals surface area contributed by atoms with E-state index in [0.29, 0.717) is 19.8 Å². The van der Waals surface area contributed by atoms with Gasteiger partial charge in [-0.3, -0.25) is 9.69 Å². The highest BCUT2D eigenvalue weighted by molar-refractivity contribution is 5.81. The first-order chi connectivity index (χ1) is 9.04. The molecule has 0 aromatic rings. The SMILES string of the molecule is CCCC(C(=O)NCC1(CO)CCOCC1)N(C)C. The summed E-state index contributed by atoms with van der Waals surface area (Å²) in [6, 6.07) is -0.0828. The van der Waals surface area contributed by atoms with Crippen LogP contribution in [-0.2, 0) is 9.53 Å². The van der Waals surface area contributed by atoms with E-state index < -0.39 is 0 Å². The predicted octanol–water partition coefficient (Wildman–Crippen LogP) is 0.622. The predicted molar refractivity (Wildman–Crippen MR) is 75.0 cm³/mol. The first-order valence-corrected chi connectivity index (χ1v) is 7.17. The van der Waals surface area contributed by atoms with Gasteiger partial charge in [-0.05, 0) is 33.4 Å². The molecule has 0 aromatic carbocycles. The van der Waals surface area contributed by atoms with Crippen molar-refractivity contribution < 1.29 is 14.6 Å². The zero-order valence-corrected chi connectivity index (χ0v) is 12.4. The number of amides is 1. The molecule has 2 N–H and O–H groups in total. The van der Waals surface area contributed by atoms with Crippen LogP contribution in [0.25, 0.3) is 0 Å². The number of nitrogens with zero attached hydrogens (tertiary/aromatic N) is 1. The highest BCUT2D eigenvalue weighted by Crippen LogP contribution is 2.29. The van der Waals surface area contributed by atoms with Crippen molar-refractivity contribution in [2.75, 3.05) is 40.5 Å². The number of rotatable bonds is 7. The zero-order chi connectivity index (χ0) is 14.3. The van der Waals surface area contributed by atoms with E-state index in [-0.39, 0.29) is 24.0 Å². The Morgan fingerprint density at radius 2 is 2.05 bits per heavy atom. The lowest BCUT2D eigenvalue weighted by Gasteiger charge is -2.36. The number of likely N-dealkylation sites (N-methyl/N-ethyl adjacent to an activating group) is 1. The molecule has 1 fully saturated rings. The molecule has 1 rings (SSSR count). The molecular formula is C14H28N2O3. The van der Waals surface area contributed by atoms with E-state index in [2.05, 4.69) is 12.2 Å². The zero-order valence-electron chi connectivity index (χ0n) is 12.4. The highest BCUT2D eigenvalue weighted by Gasteiger charge is 2.33. The first kappa shape index (κ1) is 16.4. The topological polar surface area (TPSA) is 61.8 Å². The summed E-state index contributed by atoms with van der Waals surface area (Å²) in [6.45, 7) is 4.07. The molecular weight excluding hydrogens is 244 g/mol. The minimum Gasteiger partial charge on any atom is -0.396 e. The normalized spacial score (nSPS) is 20.3. The lowest BCUT2D eigenvalue weighted by molar-refractivity contribution is -0.127. The number of aliphatic hydroxyl groups excluding tert-OH is 1. The largest absolute Gasteiger partial charge is 0.396 e. The van der Waals surface area contributed by atoms with Crippen LogP contribution in [0.15, 0.2) is 0 Å². The fourth-order valence-corrected chi connectivity index (χ4v) is 2.48. The second-order valence-electron chi connectivity index (χ2n) is 5.76. The van der Waals surface area contributed by atoms with E-state index in [0.717, 1.165) is 25.7 Å². The fourth-order valence-electron chi connectivity index (χ4n) is 2.48. The van der Waals surface area contributed by atoms with Gasteiger partial charge in [0.25, 0.3) is 0 Å². The van der Waals surface area contributed by atoms with Gasteiger partial charge in [-0.15, -0.1) is 0 Å². The van der Waals surface area contributed by atoms with Crippen LogP contribution in [0.2, 0.25) is 0 Å². The van der Waals surface area contributed by atoms with E-state index in [1.54, 1.807) is 0 Å². The molecule has 0 bridgehead atoms. The van der Waals surface area contributed by atoms with Gasteiger partial charge in [0.1, 0.15) is 0 Å². The summed E-state index contributed by atoms with van der Waals surface area (Å²) in [5, 5.41) is 12.6. The van der Waals surface area contributed by atoms with Crippen molar-refractivity contribution in [3.05, 3.63) is 0 Å². The Kier molecular flexibility index (Phi) is 6.75. The van der Waals surface area contributed by atoms with E-state index in [1.165, 1.54) is 0 Å². The van der Waals surface area contributed by atoms with Crippen LogP contribution in [0.5, 0.6) is 0 Å². The molecule has 0 radical (unpaired) electrons. The second-order valence-corrected chi connectivity index (χ2v) is 5.76. The number of ether oxygens (including phenoxy) is 1. The maximum atomic E-state index is 12.2. The number of nitrogens with one attached hydrogen (secondary N) is 1. The standard InChI is InChI=1S/C14H28N2O3/c1-4-5-12(16(2)3)13(18)15-10-14(11-17)6-8-19-9-7-14/h12,17H,4-11H2,1-3H3,(H,15,18). The molecule has 1 unspecified atom stereocenters. The molecule has 0 spiro atoms. The van der Waals surface area contributed by atoms with E-state index in [1.807, 2.05) is 19.0 Å². The third-order valence-electron chi connectivity index (χ3n) is 4.01. The van der Waals surface area contributed by atoms with Crippen molar-refractivity contribution in [2.45, 2.75) is 38.6 Å². The van der Waals surface area contributed by atoms with Crippen LogP contribution in [0, 0.1) is 5.41 Å². The molecule has 1 amide bonds. The maximum absolute atomic E-state index is 12.2. The summed E-state index contributed by atoms with van der Waals surface area (Å²) in [5.74, 6) is 0.0613. The van der Waals surface area contributed by atoms with Crippen molar-refractivity contribution in [1.29, 1.82) is 0 Å². The van der Waals surface area contributed by atoms with Gasteiger partial charge in [-0.1, -0.05) is 13.3 Å². The molecule has 0 aromatic heterocycles. The third-order valence-corrected chi connectivity index (χ3v) is 4.01. The fraction of sp³-hybridized carbons (Fsp3) is 0.929. The van der Waals surface area contributed by atoms with Crippen molar-refractivity contribution in [2.24, 2.45) is 5.41 Å². The molecule has 112 valence electrons. The van der Waals surface area contributed by atoms with Crippen molar-refractivity contribution in [1.82, 2.24) is 10.2 Å². The lowest BCUT2D eigenvalue weighted by atomic mass is 9.81. The average Bonchev–Trinajstić information content (AvgIpc) is 2.43. The number of carbonyl (C=O) groups is 1. The number of hydrogen-bond acceptors (Lipinski definition) is 4. The third kappa shape index (κ3) is 4.75. The Morgan fingerprint density at radius 1 is 1.42 bits per heavy atom. The van der Waals surface area contributed by atoms with Gasteiger partial charge >= 0.3 is 0 Å². The summed E-state index contributed by atoms with van der Waals surface area (Å²) in [4.78, 5) is 14.2. The Balaban J connectivity index is 2.50. The van der Waals surface area contributed by atoms with Gasteiger partial charge in [0, 0.05) is 25.2 Å². The minimum absolute atomic E-state index is 0.0613. The van der Waals surface area contributed by atoms with Crippen LogP contribution in [-0.4, -0.2) is 62.4 Å². The maximum Gasteiger partial charge on any atom is 0.237 e. The Hall–Kier alpha value is -0.650. The van der Waals surface area contributed by atoms with Gasteiger partial charge < -0.3 is 15.2 Å².